The van der Waals surface area contributed by atoms with Crippen molar-refractivity contribution in [2.45, 2.75) is 38.4 Å². The predicted molar refractivity (Wildman–Crippen MR) is 98.2 cm³/mol. The fraction of sp³-hybridized carbons (Fsp3) is 0.526. The van der Waals surface area contributed by atoms with E-state index in [1.807, 2.05) is 18.2 Å². The molecule has 3 fully saturated rings. The number of ketones is 1. The van der Waals surface area contributed by atoms with Gasteiger partial charge >= 0.3 is 6.03 Å². The number of hydrogen-bond acceptors (Lipinski definition) is 6. The van der Waals surface area contributed by atoms with Gasteiger partial charge in [0.2, 0.25) is 0 Å². The van der Waals surface area contributed by atoms with Crippen LogP contribution in [0.4, 0.5) is 4.79 Å². The first-order chi connectivity index (χ1) is 13.0. The fourth-order valence-corrected chi connectivity index (χ4v) is 4.34. The van der Waals surface area contributed by atoms with E-state index in [-0.39, 0.29) is 30.7 Å². The highest BCUT2D eigenvalue weighted by atomic mass is 16.2. The topological polar surface area (TPSA) is 76.2 Å². The van der Waals surface area contributed by atoms with Gasteiger partial charge in [0, 0.05) is 26.7 Å². The Hall–Kier alpha value is -2.29. The minimum absolute atomic E-state index is 0.106. The number of urea groups is 1. The normalized spacial score (nSPS) is 29.0. The number of nitrogens with one attached hydrogen (secondary N) is 1. The van der Waals surface area contributed by atoms with Crippen molar-refractivity contribution in [3.05, 3.63) is 35.9 Å². The van der Waals surface area contributed by atoms with Crippen LogP contribution in [0.25, 0.3) is 0 Å². The van der Waals surface area contributed by atoms with Crippen molar-refractivity contribution in [3.63, 3.8) is 0 Å². The van der Waals surface area contributed by atoms with E-state index in [9.17, 15) is 14.4 Å². The maximum Gasteiger partial charge on any atom is 0.328 e. The molecule has 3 amide bonds. The van der Waals surface area contributed by atoms with E-state index in [1.54, 1.807) is 11.9 Å². The zero-order valence-electron chi connectivity index (χ0n) is 15.7. The molecule has 4 rings (SSSR count). The van der Waals surface area contributed by atoms with Crippen LogP contribution in [0.5, 0.6) is 0 Å². The molecule has 3 saturated heterocycles. The summed E-state index contributed by atoms with van der Waals surface area (Å²) >= 11 is 0. The summed E-state index contributed by atoms with van der Waals surface area (Å²) in [4.78, 5) is 44.3. The van der Waals surface area contributed by atoms with Crippen LogP contribution in [0.2, 0.25) is 0 Å². The molecule has 3 aliphatic rings. The highest BCUT2D eigenvalue weighted by molar-refractivity contribution is 6.03. The van der Waals surface area contributed by atoms with E-state index in [2.05, 4.69) is 27.2 Å². The maximum atomic E-state index is 13.0. The van der Waals surface area contributed by atoms with E-state index >= 15 is 0 Å². The Labute approximate surface area is 158 Å². The van der Waals surface area contributed by atoms with Crippen LogP contribution in [-0.2, 0) is 16.1 Å². The molecule has 1 N–H and O–H groups in total. The van der Waals surface area contributed by atoms with Crippen molar-refractivity contribution in [1.82, 2.24) is 24.9 Å². The monoisotopic (exact) mass is 371 g/mol. The molecule has 3 unspecified atom stereocenters. The fourth-order valence-electron chi connectivity index (χ4n) is 4.34. The third-order valence-electron chi connectivity index (χ3n) is 5.58. The third kappa shape index (κ3) is 3.13. The van der Waals surface area contributed by atoms with Gasteiger partial charge in [0.05, 0.1) is 6.54 Å². The number of likely N-dealkylation sites (N-methyl/N-ethyl adjacent to an activating group) is 1. The molecule has 0 saturated carbocycles. The standard InChI is InChI=1S/C19H25N5O3/c1-13(25)11-24-17(26)15-16(21(2)19(24)27)20-18-22(9-6-10-23(15)18)12-14-7-4-3-5-8-14/h3-5,7-8,15-16,18,20H,6,9-12H2,1-2H3. The Morgan fingerprint density at radius 1 is 1.19 bits per heavy atom. The van der Waals surface area contributed by atoms with Crippen LogP contribution >= 0.6 is 0 Å². The lowest BCUT2D eigenvalue weighted by Crippen LogP contribution is -2.66. The molecule has 27 heavy (non-hydrogen) atoms. The lowest BCUT2D eigenvalue weighted by atomic mass is 10.1. The lowest BCUT2D eigenvalue weighted by Gasteiger charge is -2.43. The van der Waals surface area contributed by atoms with Gasteiger partial charge in [0.25, 0.3) is 5.91 Å². The molecular weight excluding hydrogens is 346 g/mol. The van der Waals surface area contributed by atoms with E-state index in [1.165, 1.54) is 12.5 Å². The van der Waals surface area contributed by atoms with Gasteiger partial charge in [-0.3, -0.25) is 29.6 Å². The van der Waals surface area contributed by atoms with E-state index < -0.39 is 12.1 Å². The second-order valence-corrected chi connectivity index (χ2v) is 7.50. The predicted octanol–water partition coefficient (Wildman–Crippen LogP) is 0.259. The summed E-state index contributed by atoms with van der Waals surface area (Å²) in [7, 11) is 1.69. The summed E-state index contributed by atoms with van der Waals surface area (Å²) in [6, 6.07) is 9.35. The molecule has 1 aromatic rings. The first-order valence-corrected chi connectivity index (χ1v) is 9.35. The molecule has 3 aliphatic heterocycles. The van der Waals surface area contributed by atoms with Crippen LogP contribution in [0.15, 0.2) is 30.3 Å². The van der Waals surface area contributed by atoms with Crippen LogP contribution in [0, 0.1) is 0 Å². The largest absolute Gasteiger partial charge is 0.328 e. The number of nitrogens with zero attached hydrogens (tertiary/aromatic N) is 4. The van der Waals surface area contributed by atoms with Crippen molar-refractivity contribution in [1.29, 1.82) is 0 Å². The number of Topliss-reactive ketones (excluding diaryl/α,β-unsaturated/α-hetero) is 1. The Kier molecular flexibility index (Phi) is 4.71. The number of amides is 3. The Balaban J connectivity index is 1.58. The second-order valence-electron chi connectivity index (χ2n) is 7.50. The van der Waals surface area contributed by atoms with Gasteiger partial charge in [-0.15, -0.1) is 0 Å². The molecule has 8 nitrogen and oxygen atoms in total. The minimum atomic E-state index is -0.462. The van der Waals surface area contributed by atoms with E-state index in [4.69, 9.17) is 0 Å². The SMILES string of the molecule is CC(=O)CN1C(=O)C2C(NC3N(Cc4ccccc4)CCCN23)N(C)C1=O. The molecule has 0 bridgehead atoms. The number of hydrogen-bond donors (Lipinski definition) is 1. The van der Waals surface area contributed by atoms with Crippen molar-refractivity contribution in [3.8, 4) is 0 Å². The van der Waals surface area contributed by atoms with Gasteiger partial charge in [-0.25, -0.2) is 4.79 Å². The molecule has 0 aliphatic carbocycles. The van der Waals surface area contributed by atoms with Gasteiger partial charge in [0.15, 0.2) is 0 Å². The summed E-state index contributed by atoms with van der Waals surface area (Å²) in [6.45, 7) is 3.71. The van der Waals surface area contributed by atoms with Gasteiger partial charge in [0.1, 0.15) is 24.3 Å². The summed E-state index contributed by atoms with van der Waals surface area (Å²) in [5.41, 5.74) is 1.21. The number of carbonyl (C=O) groups excluding carboxylic acids is 3. The van der Waals surface area contributed by atoms with E-state index in [0.29, 0.717) is 0 Å². The summed E-state index contributed by atoms with van der Waals surface area (Å²) in [6.07, 6.45) is 0.464. The van der Waals surface area contributed by atoms with Crippen LogP contribution in [0.1, 0.15) is 18.9 Å². The minimum Gasteiger partial charge on any atom is -0.310 e. The third-order valence-corrected chi connectivity index (χ3v) is 5.58. The summed E-state index contributed by atoms with van der Waals surface area (Å²) in [5.74, 6) is -0.481. The maximum absolute atomic E-state index is 13.0. The van der Waals surface area contributed by atoms with E-state index in [0.717, 1.165) is 31.0 Å². The number of benzene rings is 1. The molecule has 144 valence electrons. The first kappa shape index (κ1) is 18.1. The van der Waals surface area contributed by atoms with Crippen molar-refractivity contribution in [2.24, 2.45) is 0 Å². The molecular formula is C19H25N5O3. The number of imide groups is 1. The molecule has 3 heterocycles. The molecule has 1 aromatic carbocycles. The van der Waals surface area contributed by atoms with Crippen LogP contribution in [0.3, 0.4) is 0 Å². The molecule has 8 heteroatoms. The van der Waals surface area contributed by atoms with Gasteiger partial charge in [-0.2, -0.15) is 0 Å². The van der Waals surface area contributed by atoms with Crippen molar-refractivity contribution < 1.29 is 14.4 Å². The average molecular weight is 371 g/mol. The highest BCUT2D eigenvalue weighted by Crippen LogP contribution is 2.31. The van der Waals surface area contributed by atoms with Crippen LogP contribution in [-0.4, -0.2) is 82.5 Å². The summed E-state index contributed by atoms with van der Waals surface area (Å²) < 4.78 is 0. The Bertz CT molecular complexity index is 755. The number of carbonyl (C=O) groups is 3. The zero-order chi connectivity index (χ0) is 19.1. The van der Waals surface area contributed by atoms with Crippen molar-refractivity contribution >= 4 is 17.7 Å². The Morgan fingerprint density at radius 3 is 2.63 bits per heavy atom. The van der Waals surface area contributed by atoms with Gasteiger partial charge < -0.3 is 4.90 Å². The average Bonchev–Trinajstić information content (AvgIpc) is 3.05. The number of rotatable bonds is 4. The van der Waals surface area contributed by atoms with Crippen molar-refractivity contribution in [2.75, 3.05) is 26.7 Å². The highest BCUT2D eigenvalue weighted by Gasteiger charge is 2.55. The molecule has 0 aromatic heterocycles. The van der Waals surface area contributed by atoms with Crippen LogP contribution < -0.4 is 5.32 Å². The number of fused-ring (bicyclic) bond motifs is 3. The molecule has 0 spiro atoms. The second kappa shape index (κ2) is 7.03. The lowest BCUT2D eigenvalue weighted by molar-refractivity contribution is -0.142. The van der Waals surface area contributed by atoms with Gasteiger partial charge in [-0.05, 0) is 18.9 Å². The molecule has 0 radical (unpaired) electrons. The zero-order valence-corrected chi connectivity index (χ0v) is 15.7. The first-order valence-electron chi connectivity index (χ1n) is 9.35. The smallest absolute Gasteiger partial charge is 0.310 e. The van der Waals surface area contributed by atoms with Gasteiger partial charge in [-0.1, -0.05) is 30.3 Å². The molecule has 3 atom stereocenters. The quantitative estimate of drug-likeness (QED) is 0.818. The Morgan fingerprint density at radius 2 is 1.93 bits per heavy atom. The summed E-state index contributed by atoms with van der Waals surface area (Å²) in [5, 5.41) is 3.47.